The Balaban J connectivity index is 3.10. The molecule has 0 aromatic rings. The molecule has 0 aliphatic rings. The van der Waals surface area contributed by atoms with Gasteiger partial charge in [0.05, 0.1) is 0 Å². The molecule has 2 nitrogen and oxygen atoms in total. The van der Waals surface area contributed by atoms with E-state index in [0.717, 1.165) is 19.4 Å². The lowest BCUT2D eigenvalue weighted by Gasteiger charge is -2.10. The van der Waals surface area contributed by atoms with Crippen molar-refractivity contribution in [3.63, 3.8) is 0 Å². The van der Waals surface area contributed by atoms with Gasteiger partial charge in [0.2, 0.25) is 6.41 Å². The van der Waals surface area contributed by atoms with E-state index in [1.165, 1.54) is 44.9 Å². The molecule has 0 radical (unpaired) electrons. The quantitative estimate of drug-likeness (QED) is 0.377. The number of carbonyl (C=O) groups excluding carboxylic acids is 1. The van der Waals surface area contributed by atoms with E-state index < -0.39 is 0 Å². The number of rotatable bonds is 11. The van der Waals surface area contributed by atoms with Crippen LogP contribution in [0.4, 0.5) is 0 Å². The van der Waals surface area contributed by atoms with Crippen molar-refractivity contribution >= 4 is 6.41 Å². The molecule has 0 aromatic heterocycles. The molecular formula is C13H25NO. The molecule has 0 fully saturated rings. The van der Waals surface area contributed by atoms with Gasteiger partial charge in [-0.1, -0.05) is 58.4 Å². The predicted molar refractivity (Wildman–Crippen MR) is 65.6 cm³/mol. The average Bonchev–Trinajstić information content (AvgIpc) is 2.27. The SMILES string of the molecule is C=CN(C=O)CCCCCCCCCC. The van der Waals surface area contributed by atoms with Crippen LogP contribution in [0.1, 0.15) is 58.3 Å². The zero-order valence-corrected chi connectivity index (χ0v) is 10.1. The highest BCUT2D eigenvalue weighted by atomic mass is 16.1. The van der Waals surface area contributed by atoms with Gasteiger partial charge in [-0.05, 0) is 12.6 Å². The van der Waals surface area contributed by atoms with Crippen LogP contribution in [0, 0.1) is 0 Å². The molecule has 0 aliphatic carbocycles. The third-order valence-electron chi connectivity index (χ3n) is 2.64. The summed E-state index contributed by atoms with van der Waals surface area (Å²) in [5.74, 6) is 0. The summed E-state index contributed by atoms with van der Waals surface area (Å²) < 4.78 is 0. The number of hydrogen-bond donors (Lipinski definition) is 0. The fraction of sp³-hybridized carbons (Fsp3) is 0.769. The molecule has 0 atom stereocenters. The second-order valence-corrected chi connectivity index (χ2v) is 4.00. The number of nitrogens with zero attached hydrogens (tertiary/aromatic N) is 1. The molecule has 0 rings (SSSR count). The third-order valence-corrected chi connectivity index (χ3v) is 2.64. The predicted octanol–water partition coefficient (Wildman–Crippen LogP) is 3.73. The van der Waals surface area contributed by atoms with Crippen molar-refractivity contribution in [2.45, 2.75) is 58.3 Å². The van der Waals surface area contributed by atoms with Gasteiger partial charge in [0.25, 0.3) is 0 Å². The Morgan fingerprint density at radius 2 is 1.53 bits per heavy atom. The van der Waals surface area contributed by atoms with E-state index in [1.807, 2.05) is 0 Å². The van der Waals surface area contributed by atoms with Gasteiger partial charge in [-0.3, -0.25) is 4.79 Å². The molecule has 0 unspecified atom stereocenters. The van der Waals surface area contributed by atoms with Crippen molar-refractivity contribution in [2.24, 2.45) is 0 Å². The molecule has 0 N–H and O–H groups in total. The van der Waals surface area contributed by atoms with Crippen LogP contribution in [0.5, 0.6) is 0 Å². The van der Waals surface area contributed by atoms with Crippen LogP contribution >= 0.6 is 0 Å². The summed E-state index contributed by atoms with van der Waals surface area (Å²) >= 11 is 0. The van der Waals surface area contributed by atoms with Crippen LogP contribution in [0.15, 0.2) is 12.8 Å². The molecule has 0 heterocycles. The van der Waals surface area contributed by atoms with Gasteiger partial charge < -0.3 is 4.90 Å². The summed E-state index contributed by atoms with van der Waals surface area (Å²) in [6.45, 7) is 6.64. The van der Waals surface area contributed by atoms with E-state index in [2.05, 4.69) is 13.5 Å². The molecule has 0 saturated carbocycles. The lowest BCUT2D eigenvalue weighted by Crippen LogP contribution is -2.15. The summed E-state index contributed by atoms with van der Waals surface area (Å²) in [4.78, 5) is 12.0. The van der Waals surface area contributed by atoms with Gasteiger partial charge in [-0.25, -0.2) is 0 Å². The normalized spacial score (nSPS) is 9.93. The van der Waals surface area contributed by atoms with Crippen LogP contribution in [0.25, 0.3) is 0 Å². The number of unbranched alkanes of at least 4 members (excludes halogenated alkanes) is 7. The Morgan fingerprint density at radius 3 is 2.00 bits per heavy atom. The maximum atomic E-state index is 10.4. The zero-order valence-electron chi connectivity index (χ0n) is 10.1. The van der Waals surface area contributed by atoms with Crippen molar-refractivity contribution in [1.82, 2.24) is 4.90 Å². The number of hydrogen-bond acceptors (Lipinski definition) is 1. The van der Waals surface area contributed by atoms with Gasteiger partial charge in [-0.2, -0.15) is 0 Å². The molecule has 0 bridgehead atoms. The van der Waals surface area contributed by atoms with E-state index in [9.17, 15) is 4.79 Å². The standard InChI is InChI=1S/C13H25NO/c1-3-5-6-7-8-9-10-11-12-14(4-2)13-15/h4,13H,2-3,5-12H2,1H3. The molecule has 1 amide bonds. The average molecular weight is 211 g/mol. The molecule has 15 heavy (non-hydrogen) atoms. The van der Waals surface area contributed by atoms with Crippen LogP contribution in [-0.4, -0.2) is 17.9 Å². The van der Waals surface area contributed by atoms with E-state index in [0.29, 0.717) is 0 Å². The van der Waals surface area contributed by atoms with E-state index >= 15 is 0 Å². The highest BCUT2D eigenvalue weighted by Gasteiger charge is 1.95. The first-order valence-electron chi connectivity index (χ1n) is 6.18. The van der Waals surface area contributed by atoms with Crippen molar-refractivity contribution < 1.29 is 4.79 Å². The fourth-order valence-electron chi connectivity index (χ4n) is 1.62. The van der Waals surface area contributed by atoms with Gasteiger partial charge in [0.15, 0.2) is 0 Å². The van der Waals surface area contributed by atoms with Crippen LogP contribution in [-0.2, 0) is 4.79 Å². The third kappa shape index (κ3) is 9.51. The van der Waals surface area contributed by atoms with Crippen molar-refractivity contribution in [3.8, 4) is 0 Å². The summed E-state index contributed by atoms with van der Waals surface area (Å²) in [7, 11) is 0. The Hall–Kier alpha value is -0.790. The minimum absolute atomic E-state index is 0.821. The van der Waals surface area contributed by atoms with E-state index in [1.54, 1.807) is 11.1 Å². The smallest absolute Gasteiger partial charge is 0.213 e. The second-order valence-electron chi connectivity index (χ2n) is 4.00. The minimum atomic E-state index is 0.821. The van der Waals surface area contributed by atoms with Gasteiger partial charge in [-0.15, -0.1) is 0 Å². The van der Waals surface area contributed by atoms with Crippen LogP contribution in [0.3, 0.4) is 0 Å². The molecule has 0 aromatic carbocycles. The summed E-state index contributed by atoms with van der Waals surface area (Å²) in [6, 6.07) is 0. The van der Waals surface area contributed by atoms with Crippen molar-refractivity contribution in [1.29, 1.82) is 0 Å². The van der Waals surface area contributed by atoms with Gasteiger partial charge >= 0.3 is 0 Å². The Morgan fingerprint density at radius 1 is 1.00 bits per heavy atom. The number of amides is 1. The Bertz CT molecular complexity index is 149. The highest BCUT2D eigenvalue weighted by Crippen LogP contribution is 2.08. The molecule has 0 aliphatic heterocycles. The van der Waals surface area contributed by atoms with Crippen LogP contribution < -0.4 is 0 Å². The molecule has 2 heteroatoms. The topological polar surface area (TPSA) is 20.3 Å². The van der Waals surface area contributed by atoms with Gasteiger partial charge in [0, 0.05) is 6.54 Å². The van der Waals surface area contributed by atoms with E-state index in [4.69, 9.17) is 0 Å². The zero-order chi connectivity index (χ0) is 11.4. The van der Waals surface area contributed by atoms with Crippen molar-refractivity contribution in [2.75, 3.05) is 6.54 Å². The first kappa shape index (κ1) is 14.2. The Labute approximate surface area is 94.4 Å². The van der Waals surface area contributed by atoms with Crippen LogP contribution in [0.2, 0.25) is 0 Å². The van der Waals surface area contributed by atoms with Gasteiger partial charge in [0.1, 0.15) is 0 Å². The summed E-state index contributed by atoms with van der Waals surface area (Å²) in [5.41, 5.74) is 0. The molecule has 0 spiro atoms. The largest absolute Gasteiger partial charge is 0.322 e. The molecule has 0 saturated heterocycles. The lowest BCUT2D eigenvalue weighted by atomic mass is 10.1. The highest BCUT2D eigenvalue weighted by molar-refractivity contribution is 5.48. The number of carbonyl (C=O) groups is 1. The molecular weight excluding hydrogens is 186 g/mol. The Kier molecular flexibility index (Phi) is 10.7. The monoisotopic (exact) mass is 211 g/mol. The first-order chi connectivity index (χ1) is 7.35. The van der Waals surface area contributed by atoms with Crippen molar-refractivity contribution in [3.05, 3.63) is 12.8 Å². The second kappa shape index (κ2) is 11.3. The molecule has 88 valence electrons. The van der Waals surface area contributed by atoms with E-state index in [-0.39, 0.29) is 0 Å². The first-order valence-corrected chi connectivity index (χ1v) is 6.18. The summed E-state index contributed by atoms with van der Waals surface area (Å²) in [5, 5.41) is 0. The fourth-order valence-corrected chi connectivity index (χ4v) is 1.62. The maximum absolute atomic E-state index is 10.4. The maximum Gasteiger partial charge on any atom is 0.213 e. The minimum Gasteiger partial charge on any atom is -0.322 e. The summed E-state index contributed by atoms with van der Waals surface area (Å²) in [6.07, 6.45) is 12.8. The lowest BCUT2D eigenvalue weighted by molar-refractivity contribution is -0.115.